The fourth-order valence-electron chi connectivity index (χ4n) is 3.13. The van der Waals surface area contributed by atoms with Gasteiger partial charge in [-0.1, -0.05) is 40.6 Å². The Kier molecular flexibility index (Phi) is 4.49. The predicted molar refractivity (Wildman–Crippen MR) is 109 cm³/mol. The molecule has 1 atom stereocenters. The molecule has 2 aromatic carbocycles. The normalized spacial score (nSPS) is 18.9. The predicted octanol–water partition coefficient (Wildman–Crippen LogP) is 5.20. The number of benzene rings is 2. The molecule has 0 aliphatic carbocycles. The van der Waals surface area contributed by atoms with Gasteiger partial charge in [0.25, 0.3) is 5.91 Å². The first kappa shape index (κ1) is 19.0. The molecule has 0 radical (unpaired) electrons. The fourth-order valence-corrected chi connectivity index (χ4v) is 4.53. The van der Waals surface area contributed by atoms with Crippen LogP contribution in [0, 0.1) is 6.92 Å². The van der Waals surface area contributed by atoms with Gasteiger partial charge in [-0.2, -0.15) is 0 Å². The molecule has 3 aromatic rings. The molecule has 1 aliphatic rings. The summed E-state index contributed by atoms with van der Waals surface area (Å²) in [5.41, 5.74) is 0.345. The molecular formula is C19H14Cl2N2O4S. The highest BCUT2D eigenvalue weighted by Crippen LogP contribution is 2.46. The summed E-state index contributed by atoms with van der Waals surface area (Å²) in [6, 6.07) is 8.82. The molecule has 2 heterocycles. The quantitative estimate of drug-likeness (QED) is 0.609. The maximum atomic E-state index is 13.3. The van der Waals surface area contributed by atoms with Crippen molar-refractivity contribution >= 4 is 67.5 Å². The first-order valence-corrected chi connectivity index (χ1v) is 9.87. The monoisotopic (exact) mass is 436 g/mol. The highest BCUT2D eigenvalue weighted by atomic mass is 35.5. The number of carbonyl (C=O) groups excluding carboxylic acids is 1. The molecule has 1 unspecified atom stereocenters. The van der Waals surface area contributed by atoms with Crippen LogP contribution in [0.15, 0.2) is 30.3 Å². The molecule has 0 saturated heterocycles. The van der Waals surface area contributed by atoms with E-state index in [9.17, 15) is 14.7 Å². The van der Waals surface area contributed by atoms with Gasteiger partial charge in [-0.3, -0.25) is 9.59 Å². The van der Waals surface area contributed by atoms with Gasteiger partial charge in [-0.05, 0) is 43.7 Å². The minimum atomic E-state index is -1.56. The number of nitrogens with zero attached hydrogens (tertiary/aromatic N) is 2. The number of rotatable bonds is 3. The fraction of sp³-hybridized carbons (Fsp3) is 0.211. The van der Waals surface area contributed by atoms with Crippen LogP contribution in [0.2, 0.25) is 10.0 Å². The number of carbonyl (C=O) groups is 2. The zero-order valence-electron chi connectivity index (χ0n) is 14.8. The van der Waals surface area contributed by atoms with Crippen molar-refractivity contribution in [2.45, 2.75) is 25.9 Å². The lowest BCUT2D eigenvalue weighted by molar-refractivity contribution is -0.148. The minimum absolute atomic E-state index is 0.305. The summed E-state index contributed by atoms with van der Waals surface area (Å²) in [6.45, 7) is 3.36. The summed E-state index contributed by atoms with van der Waals surface area (Å²) in [6.07, 6.45) is -0.479. The second-order valence-electron chi connectivity index (χ2n) is 6.72. The van der Waals surface area contributed by atoms with Gasteiger partial charge in [0.2, 0.25) is 0 Å². The largest absolute Gasteiger partial charge is 0.481 e. The van der Waals surface area contributed by atoms with Gasteiger partial charge < -0.3 is 9.84 Å². The van der Waals surface area contributed by atoms with E-state index in [1.807, 2.05) is 13.0 Å². The van der Waals surface area contributed by atoms with Gasteiger partial charge in [0.15, 0.2) is 10.7 Å². The number of carboxylic acids is 1. The number of fused-ring (bicyclic) bond motifs is 2. The Labute approximate surface area is 174 Å². The Morgan fingerprint density at radius 3 is 2.79 bits per heavy atom. The van der Waals surface area contributed by atoms with Crippen LogP contribution in [0.1, 0.15) is 18.9 Å². The second-order valence-corrected chi connectivity index (χ2v) is 8.51. The van der Waals surface area contributed by atoms with Gasteiger partial charge in [0.05, 0.1) is 26.9 Å². The van der Waals surface area contributed by atoms with Crippen LogP contribution in [0.3, 0.4) is 0 Å². The SMILES string of the molecule is Cc1ccc2c(c1)OC(C)(CC(=O)O)C(=O)N2c1nc2c(Cl)c(Cl)ccc2s1. The summed E-state index contributed by atoms with van der Waals surface area (Å²) in [5, 5.41) is 10.3. The van der Waals surface area contributed by atoms with Crippen LogP contribution in [0.4, 0.5) is 10.8 Å². The van der Waals surface area contributed by atoms with Crippen molar-refractivity contribution < 1.29 is 19.4 Å². The maximum Gasteiger partial charge on any atom is 0.307 e. The minimum Gasteiger partial charge on any atom is -0.481 e. The van der Waals surface area contributed by atoms with E-state index in [1.54, 1.807) is 24.3 Å². The van der Waals surface area contributed by atoms with E-state index in [0.29, 0.717) is 32.1 Å². The lowest BCUT2D eigenvalue weighted by atomic mass is 9.97. The van der Waals surface area contributed by atoms with Crippen LogP contribution in [-0.2, 0) is 9.59 Å². The van der Waals surface area contributed by atoms with E-state index in [4.69, 9.17) is 27.9 Å². The van der Waals surface area contributed by atoms with Crippen molar-refractivity contribution in [1.82, 2.24) is 4.98 Å². The van der Waals surface area contributed by atoms with Crippen LogP contribution in [0.5, 0.6) is 5.75 Å². The number of amides is 1. The average Bonchev–Trinajstić information content (AvgIpc) is 3.03. The number of aryl methyl sites for hydroxylation is 1. The third-order valence-electron chi connectivity index (χ3n) is 4.47. The van der Waals surface area contributed by atoms with E-state index >= 15 is 0 Å². The molecule has 0 bridgehead atoms. The standard InChI is InChI=1S/C19H14Cl2N2O4S/c1-9-3-5-11-12(7-9)27-19(2,8-14(24)25)17(26)23(11)18-22-16-13(28-18)6-4-10(20)15(16)21/h3-7H,8H2,1-2H3,(H,24,25). The van der Waals surface area contributed by atoms with E-state index in [-0.39, 0.29) is 0 Å². The highest BCUT2D eigenvalue weighted by molar-refractivity contribution is 7.22. The lowest BCUT2D eigenvalue weighted by Gasteiger charge is -2.38. The zero-order valence-corrected chi connectivity index (χ0v) is 17.2. The van der Waals surface area contributed by atoms with Crippen molar-refractivity contribution in [2.75, 3.05) is 4.90 Å². The van der Waals surface area contributed by atoms with Gasteiger partial charge in [0.1, 0.15) is 11.3 Å². The first-order chi connectivity index (χ1) is 13.2. The Bertz CT molecular complexity index is 1150. The number of hydrogen-bond donors (Lipinski definition) is 1. The van der Waals surface area contributed by atoms with Crippen molar-refractivity contribution in [1.29, 1.82) is 0 Å². The molecule has 6 nitrogen and oxygen atoms in total. The van der Waals surface area contributed by atoms with E-state index in [1.165, 1.54) is 23.2 Å². The van der Waals surface area contributed by atoms with Crippen LogP contribution in [0.25, 0.3) is 10.2 Å². The van der Waals surface area contributed by atoms with Gasteiger partial charge in [-0.25, -0.2) is 9.88 Å². The number of halogens is 2. The Hall–Kier alpha value is -2.35. The second kappa shape index (κ2) is 6.62. The third kappa shape index (κ3) is 2.99. The molecule has 1 N–H and O–H groups in total. The Morgan fingerprint density at radius 2 is 2.07 bits per heavy atom. The molecule has 9 heteroatoms. The molecule has 0 spiro atoms. The summed E-state index contributed by atoms with van der Waals surface area (Å²) in [5.74, 6) is -1.22. The summed E-state index contributed by atoms with van der Waals surface area (Å²) in [7, 11) is 0. The van der Waals surface area contributed by atoms with Crippen molar-refractivity contribution in [3.8, 4) is 5.75 Å². The van der Waals surface area contributed by atoms with Crippen LogP contribution >= 0.6 is 34.5 Å². The number of ether oxygens (including phenoxy) is 1. The van der Waals surface area contributed by atoms with Crippen LogP contribution < -0.4 is 9.64 Å². The van der Waals surface area contributed by atoms with Gasteiger partial charge in [0, 0.05) is 0 Å². The van der Waals surface area contributed by atoms with E-state index < -0.39 is 23.9 Å². The van der Waals surface area contributed by atoms with E-state index in [2.05, 4.69) is 4.98 Å². The molecule has 0 fully saturated rings. The number of hydrogen-bond acceptors (Lipinski definition) is 5. The number of carboxylic acid groups (broad SMARTS) is 1. The molecule has 4 rings (SSSR count). The van der Waals surface area contributed by atoms with Crippen molar-refractivity contribution in [2.24, 2.45) is 0 Å². The molecule has 144 valence electrons. The number of aromatic nitrogens is 1. The molecule has 28 heavy (non-hydrogen) atoms. The summed E-state index contributed by atoms with van der Waals surface area (Å²) >= 11 is 13.6. The topological polar surface area (TPSA) is 79.7 Å². The molecule has 0 saturated carbocycles. The number of aliphatic carboxylic acids is 1. The van der Waals surface area contributed by atoms with Gasteiger partial charge in [-0.15, -0.1) is 0 Å². The zero-order chi connectivity index (χ0) is 20.2. The molecular weight excluding hydrogens is 423 g/mol. The molecule has 1 aliphatic heterocycles. The lowest BCUT2D eigenvalue weighted by Crippen LogP contribution is -2.53. The Morgan fingerprint density at radius 1 is 1.32 bits per heavy atom. The Balaban J connectivity index is 1.92. The van der Waals surface area contributed by atoms with Gasteiger partial charge >= 0.3 is 5.97 Å². The van der Waals surface area contributed by atoms with Crippen LogP contribution in [-0.4, -0.2) is 27.6 Å². The smallest absolute Gasteiger partial charge is 0.307 e. The summed E-state index contributed by atoms with van der Waals surface area (Å²) < 4.78 is 6.61. The molecule has 1 amide bonds. The average molecular weight is 437 g/mol. The number of anilines is 2. The number of thiazole rings is 1. The van der Waals surface area contributed by atoms with E-state index in [0.717, 1.165) is 10.3 Å². The molecule has 1 aromatic heterocycles. The first-order valence-electron chi connectivity index (χ1n) is 8.30. The van der Waals surface area contributed by atoms with Crippen molar-refractivity contribution in [3.63, 3.8) is 0 Å². The third-order valence-corrected chi connectivity index (χ3v) is 6.27. The highest BCUT2D eigenvalue weighted by Gasteiger charge is 2.47. The van der Waals surface area contributed by atoms with Crippen molar-refractivity contribution in [3.05, 3.63) is 45.9 Å². The maximum absolute atomic E-state index is 13.3. The summed E-state index contributed by atoms with van der Waals surface area (Å²) in [4.78, 5) is 30.6.